The van der Waals surface area contributed by atoms with Crippen LogP contribution in [0.1, 0.15) is 25.3 Å². The van der Waals surface area contributed by atoms with E-state index in [0.717, 1.165) is 17.7 Å². The van der Waals surface area contributed by atoms with Crippen LogP contribution in [0.25, 0.3) is 0 Å². The average molecular weight is 446 g/mol. The SMILES string of the molecule is CCCN1C(=O)C(CC(=O)Nc2cc(Cl)ccc2OC)SC1=Nc1cccc(C)c1. The molecule has 0 bridgehead atoms. The lowest BCUT2D eigenvalue weighted by molar-refractivity contribution is -0.128. The highest BCUT2D eigenvalue weighted by Crippen LogP contribution is 2.33. The lowest BCUT2D eigenvalue weighted by Gasteiger charge is -2.15. The van der Waals surface area contributed by atoms with E-state index in [1.807, 2.05) is 38.1 Å². The number of carbonyl (C=O) groups excluding carboxylic acids is 2. The van der Waals surface area contributed by atoms with Crippen molar-refractivity contribution in [3.63, 3.8) is 0 Å². The molecule has 0 aromatic heterocycles. The second-order valence-electron chi connectivity index (χ2n) is 6.93. The quantitative estimate of drug-likeness (QED) is 0.649. The van der Waals surface area contributed by atoms with Crippen LogP contribution >= 0.6 is 23.4 Å². The van der Waals surface area contributed by atoms with Crippen molar-refractivity contribution in [2.24, 2.45) is 4.99 Å². The van der Waals surface area contributed by atoms with Gasteiger partial charge in [0.05, 0.1) is 18.5 Å². The number of hydrogen-bond donors (Lipinski definition) is 1. The zero-order valence-electron chi connectivity index (χ0n) is 17.1. The first kappa shape index (κ1) is 22.2. The molecule has 0 radical (unpaired) electrons. The summed E-state index contributed by atoms with van der Waals surface area (Å²) in [6, 6.07) is 12.8. The second-order valence-corrected chi connectivity index (χ2v) is 8.53. The Morgan fingerprint density at radius 2 is 2.10 bits per heavy atom. The normalized spacial score (nSPS) is 17.5. The highest BCUT2D eigenvalue weighted by molar-refractivity contribution is 8.15. The smallest absolute Gasteiger partial charge is 0.242 e. The Labute approximate surface area is 185 Å². The monoisotopic (exact) mass is 445 g/mol. The van der Waals surface area contributed by atoms with Crippen molar-refractivity contribution in [1.82, 2.24) is 4.90 Å². The molecule has 1 heterocycles. The molecule has 3 rings (SSSR count). The molecule has 2 amide bonds. The number of nitrogens with zero attached hydrogens (tertiary/aromatic N) is 2. The maximum atomic E-state index is 12.9. The lowest BCUT2D eigenvalue weighted by atomic mass is 10.2. The number of thioether (sulfide) groups is 1. The summed E-state index contributed by atoms with van der Waals surface area (Å²) in [7, 11) is 1.52. The van der Waals surface area contributed by atoms with E-state index in [0.29, 0.717) is 28.2 Å². The van der Waals surface area contributed by atoms with Gasteiger partial charge in [-0.1, -0.05) is 42.4 Å². The molecule has 1 unspecified atom stereocenters. The van der Waals surface area contributed by atoms with Gasteiger partial charge < -0.3 is 10.1 Å². The first-order valence-electron chi connectivity index (χ1n) is 9.68. The third kappa shape index (κ3) is 5.34. The van der Waals surface area contributed by atoms with Crippen molar-refractivity contribution < 1.29 is 14.3 Å². The zero-order chi connectivity index (χ0) is 21.7. The predicted octanol–water partition coefficient (Wildman–Crippen LogP) is 5.03. The number of carbonyl (C=O) groups is 2. The maximum absolute atomic E-state index is 12.9. The minimum atomic E-state index is -0.523. The van der Waals surface area contributed by atoms with Gasteiger partial charge in [-0.25, -0.2) is 4.99 Å². The number of methoxy groups -OCH3 is 1. The molecule has 0 saturated carbocycles. The number of aryl methyl sites for hydroxylation is 1. The van der Waals surface area contributed by atoms with Crippen LogP contribution in [-0.2, 0) is 9.59 Å². The average Bonchev–Trinajstić information content (AvgIpc) is 2.97. The fourth-order valence-corrected chi connectivity index (χ4v) is 4.47. The van der Waals surface area contributed by atoms with E-state index in [2.05, 4.69) is 10.3 Å². The number of hydrogen-bond acceptors (Lipinski definition) is 5. The maximum Gasteiger partial charge on any atom is 0.242 e. The Bertz CT molecular complexity index is 980. The van der Waals surface area contributed by atoms with Crippen LogP contribution in [0.2, 0.25) is 5.02 Å². The Morgan fingerprint density at radius 3 is 2.80 bits per heavy atom. The van der Waals surface area contributed by atoms with E-state index in [4.69, 9.17) is 16.3 Å². The van der Waals surface area contributed by atoms with Gasteiger partial charge in [-0.2, -0.15) is 0 Å². The van der Waals surface area contributed by atoms with Gasteiger partial charge in [0.15, 0.2) is 5.17 Å². The first-order valence-corrected chi connectivity index (χ1v) is 10.9. The third-order valence-electron chi connectivity index (χ3n) is 4.50. The number of nitrogens with one attached hydrogen (secondary N) is 1. The summed E-state index contributed by atoms with van der Waals surface area (Å²) < 4.78 is 5.26. The molecule has 6 nitrogen and oxygen atoms in total. The lowest BCUT2D eigenvalue weighted by Crippen LogP contribution is -2.34. The van der Waals surface area contributed by atoms with Crippen LogP contribution in [0.3, 0.4) is 0 Å². The fourth-order valence-electron chi connectivity index (χ4n) is 3.11. The number of ether oxygens (including phenoxy) is 1. The number of benzene rings is 2. The molecule has 1 N–H and O–H groups in total. The van der Waals surface area contributed by atoms with E-state index in [9.17, 15) is 9.59 Å². The van der Waals surface area contributed by atoms with Crippen molar-refractivity contribution >= 4 is 51.7 Å². The number of anilines is 1. The minimum Gasteiger partial charge on any atom is -0.495 e. The van der Waals surface area contributed by atoms with E-state index in [1.165, 1.54) is 18.9 Å². The van der Waals surface area contributed by atoms with Crippen LogP contribution in [-0.4, -0.2) is 40.8 Å². The summed E-state index contributed by atoms with van der Waals surface area (Å²) in [6.07, 6.45) is 0.837. The molecule has 1 aliphatic rings. The second kappa shape index (κ2) is 10.00. The molecule has 1 saturated heterocycles. The van der Waals surface area contributed by atoms with Gasteiger partial charge in [-0.05, 0) is 49.2 Å². The number of amidine groups is 1. The van der Waals surface area contributed by atoms with E-state index < -0.39 is 5.25 Å². The summed E-state index contributed by atoms with van der Waals surface area (Å²) in [5, 5.41) is 3.39. The summed E-state index contributed by atoms with van der Waals surface area (Å²) in [5.74, 6) is 0.128. The Balaban J connectivity index is 1.75. The topological polar surface area (TPSA) is 71.0 Å². The molecule has 30 heavy (non-hydrogen) atoms. The zero-order valence-corrected chi connectivity index (χ0v) is 18.7. The molecule has 0 aliphatic carbocycles. The van der Waals surface area contributed by atoms with Crippen LogP contribution in [0, 0.1) is 6.92 Å². The van der Waals surface area contributed by atoms with Crippen molar-refractivity contribution in [3.05, 3.63) is 53.1 Å². The van der Waals surface area contributed by atoms with E-state index in [-0.39, 0.29) is 18.2 Å². The molecule has 0 spiro atoms. The predicted molar refractivity (Wildman–Crippen MR) is 123 cm³/mol. The van der Waals surface area contributed by atoms with Crippen molar-refractivity contribution in [3.8, 4) is 5.75 Å². The highest BCUT2D eigenvalue weighted by atomic mass is 35.5. The largest absolute Gasteiger partial charge is 0.495 e. The third-order valence-corrected chi connectivity index (χ3v) is 5.91. The van der Waals surface area contributed by atoms with Gasteiger partial charge >= 0.3 is 0 Å². The first-order chi connectivity index (χ1) is 14.4. The molecular formula is C22H24ClN3O3S. The number of aliphatic imine (C=N–C) groups is 1. The molecule has 2 aromatic carbocycles. The summed E-state index contributed by atoms with van der Waals surface area (Å²) in [6.45, 7) is 4.57. The molecule has 2 aromatic rings. The molecule has 8 heteroatoms. The summed E-state index contributed by atoms with van der Waals surface area (Å²) >= 11 is 7.35. The molecular weight excluding hydrogens is 422 g/mol. The van der Waals surface area contributed by atoms with Gasteiger partial charge in [0.1, 0.15) is 11.0 Å². The number of rotatable bonds is 7. The Morgan fingerprint density at radius 1 is 1.30 bits per heavy atom. The molecule has 1 aliphatic heterocycles. The van der Waals surface area contributed by atoms with Gasteiger partial charge in [0.25, 0.3) is 0 Å². The highest BCUT2D eigenvalue weighted by Gasteiger charge is 2.38. The summed E-state index contributed by atoms with van der Waals surface area (Å²) in [4.78, 5) is 31.9. The number of amides is 2. The molecule has 1 atom stereocenters. The van der Waals surface area contributed by atoms with Crippen LogP contribution < -0.4 is 10.1 Å². The van der Waals surface area contributed by atoms with E-state index >= 15 is 0 Å². The van der Waals surface area contributed by atoms with Crippen LogP contribution in [0.15, 0.2) is 47.5 Å². The summed E-state index contributed by atoms with van der Waals surface area (Å²) in [5.41, 5.74) is 2.37. The van der Waals surface area contributed by atoms with Crippen LogP contribution in [0.4, 0.5) is 11.4 Å². The van der Waals surface area contributed by atoms with Gasteiger partial charge in [0.2, 0.25) is 11.8 Å². The van der Waals surface area contributed by atoms with Gasteiger partial charge in [-0.3, -0.25) is 14.5 Å². The Hall–Kier alpha value is -2.51. The van der Waals surface area contributed by atoms with Crippen molar-refractivity contribution in [1.29, 1.82) is 0 Å². The van der Waals surface area contributed by atoms with E-state index in [1.54, 1.807) is 23.1 Å². The van der Waals surface area contributed by atoms with Crippen molar-refractivity contribution in [2.45, 2.75) is 31.9 Å². The van der Waals surface area contributed by atoms with Gasteiger partial charge in [-0.15, -0.1) is 0 Å². The van der Waals surface area contributed by atoms with Crippen molar-refractivity contribution in [2.75, 3.05) is 19.0 Å². The van der Waals surface area contributed by atoms with Crippen LogP contribution in [0.5, 0.6) is 5.75 Å². The van der Waals surface area contributed by atoms with Gasteiger partial charge in [0, 0.05) is 18.0 Å². The number of halogens is 1. The fraction of sp³-hybridized carbons (Fsp3) is 0.318. The standard InChI is InChI=1S/C22H24ClN3O3S/c1-4-10-26-21(28)19(30-22(26)24-16-7-5-6-14(2)11-16)13-20(27)25-17-12-15(23)8-9-18(17)29-3/h5-9,11-12,19H,4,10,13H2,1-3H3,(H,25,27). The Kier molecular flexibility index (Phi) is 7.39. The minimum absolute atomic E-state index is 0.0339. The molecule has 158 valence electrons. The molecule has 1 fully saturated rings.